The SMILES string of the molecule is COc1ccccc1-c1ccccc1C#N. The molecule has 16 heavy (non-hydrogen) atoms. The smallest absolute Gasteiger partial charge is 0.126 e. The van der Waals surface area contributed by atoms with Crippen LogP contribution in [0.15, 0.2) is 48.5 Å². The number of rotatable bonds is 2. The molecule has 2 nitrogen and oxygen atoms in total. The lowest BCUT2D eigenvalue weighted by Crippen LogP contribution is -1.89. The summed E-state index contributed by atoms with van der Waals surface area (Å²) in [6, 6.07) is 17.4. The van der Waals surface area contributed by atoms with Gasteiger partial charge in [-0.3, -0.25) is 0 Å². The van der Waals surface area contributed by atoms with Crippen LogP contribution in [0.3, 0.4) is 0 Å². The number of nitriles is 1. The fraction of sp³-hybridized carbons (Fsp3) is 0.0714. The molecule has 0 saturated carbocycles. The highest BCUT2D eigenvalue weighted by molar-refractivity contribution is 5.75. The van der Waals surface area contributed by atoms with E-state index in [9.17, 15) is 0 Å². The number of nitrogens with zero attached hydrogens (tertiary/aromatic N) is 1. The molecular weight excluding hydrogens is 198 g/mol. The van der Waals surface area contributed by atoms with Crippen molar-refractivity contribution < 1.29 is 4.74 Å². The molecule has 0 fully saturated rings. The molecule has 0 aromatic heterocycles. The van der Waals surface area contributed by atoms with Gasteiger partial charge < -0.3 is 4.74 Å². The third-order valence-corrected chi connectivity index (χ3v) is 2.44. The molecule has 0 heterocycles. The van der Waals surface area contributed by atoms with Gasteiger partial charge in [0.15, 0.2) is 0 Å². The molecule has 78 valence electrons. The summed E-state index contributed by atoms with van der Waals surface area (Å²) in [5.74, 6) is 0.783. The Kier molecular flexibility index (Phi) is 2.88. The maximum atomic E-state index is 9.05. The third-order valence-electron chi connectivity index (χ3n) is 2.44. The van der Waals surface area contributed by atoms with Gasteiger partial charge >= 0.3 is 0 Å². The van der Waals surface area contributed by atoms with Crippen molar-refractivity contribution in [3.63, 3.8) is 0 Å². The van der Waals surface area contributed by atoms with Crippen molar-refractivity contribution in [2.24, 2.45) is 0 Å². The maximum Gasteiger partial charge on any atom is 0.126 e. The van der Waals surface area contributed by atoms with E-state index >= 15 is 0 Å². The Bertz CT molecular complexity index is 540. The van der Waals surface area contributed by atoms with Crippen LogP contribution in [0.5, 0.6) is 5.75 Å². The molecule has 0 unspecified atom stereocenters. The van der Waals surface area contributed by atoms with Crippen molar-refractivity contribution in [3.05, 3.63) is 54.1 Å². The van der Waals surface area contributed by atoms with Crippen LogP contribution in [0.4, 0.5) is 0 Å². The highest BCUT2D eigenvalue weighted by Crippen LogP contribution is 2.31. The van der Waals surface area contributed by atoms with Gasteiger partial charge in [-0.15, -0.1) is 0 Å². The lowest BCUT2D eigenvalue weighted by atomic mass is 10.00. The Morgan fingerprint density at radius 2 is 1.56 bits per heavy atom. The second-order valence-corrected chi connectivity index (χ2v) is 3.36. The van der Waals surface area contributed by atoms with E-state index in [0.29, 0.717) is 5.56 Å². The van der Waals surface area contributed by atoms with Crippen LogP contribution < -0.4 is 4.74 Å². The van der Waals surface area contributed by atoms with Gasteiger partial charge in [-0.05, 0) is 12.1 Å². The third kappa shape index (κ3) is 1.76. The van der Waals surface area contributed by atoms with Crippen LogP contribution >= 0.6 is 0 Å². The predicted octanol–water partition coefficient (Wildman–Crippen LogP) is 3.23. The summed E-state index contributed by atoms with van der Waals surface area (Å²) in [7, 11) is 1.63. The molecule has 2 rings (SSSR count). The predicted molar refractivity (Wildman–Crippen MR) is 63.1 cm³/mol. The molecule has 0 aliphatic heterocycles. The molecule has 2 heteroatoms. The summed E-state index contributed by atoms with van der Waals surface area (Å²) in [6.07, 6.45) is 0. The van der Waals surface area contributed by atoms with Gasteiger partial charge in [0, 0.05) is 11.1 Å². The Labute approximate surface area is 94.7 Å². The largest absolute Gasteiger partial charge is 0.496 e. The first kappa shape index (κ1) is 10.3. The Morgan fingerprint density at radius 1 is 0.938 bits per heavy atom. The topological polar surface area (TPSA) is 33.0 Å². The highest BCUT2D eigenvalue weighted by atomic mass is 16.5. The molecule has 0 N–H and O–H groups in total. The molecule has 0 spiro atoms. The van der Waals surface area contributed by atoms with Gasteiger partial charge in [0.05, 0.1) is 18.7 Å². The average Bonchev–Trinajstić information content (AvgIpc) is 2.38. The van der Waals surface area contributed by atoms with Crippen molar-refractivity contribution in [2.75, 3.05) is 7.11 Å². The summed E-state index contributed by atoms with van der Waals surface area (Å²) in [4.78, 5) is 0. The fourth-order valence-corrected chi connectivity index (χ4v) is 1.68. The van der Waals surface area contributed by atoms with Crippen LogP contribution in [-0.4, -0.2) is 7.11 Å². The van der Waals surface area contributed by atoms with E-state index in [1.54, 1.807) is 7.11 Å². The molecule has 2 aromatic rings. The maximum absolute atomic E-state index is 9.05. The summed E-state index contributed by atoms with van der Waals surface area (Å²) in [6.45, 7) is 0. The van der Waals surface area contributed by atoms with Crippen LogP contribution in [0.25, 0.3) is 11.1 Å². The lowest BCUT2D eigenvalue weighted by molar-refractivity contribution is 0.416. The van der Waals surface area contributed by atoms with Gasteiger partial charge in [-0.1, -0.05) is 36.4 Å². The minimum absolute atomic E-state index is 0.659. The molecule has 0 aliphatic rings. The normalized spacial score (nSPS) is 9.50. The quantitative estimate of drug-likeness (QED) is 0.760. The summed E-state index contributed by atoms with van der Waals surface area (Å²) in [5.41, 5.74) is 2.51. The van der Waals surface area contributed by atoms with Crippen molar-refractivity contribution in [1.82, 2.24) is 0 Å². The number of hydrogen-bond acceptors (Lipinski definition) is 2. The number of ether oxygens (including phenoxy) is 1. The zero-order valence-corrected chi connectivity index (χ0v) is 8.97. The zero-order valence-electron chi connectivity index (χ0n) is 8.97. The first-order valence-electron chi connectivity index (χ1n) is 4.99. The van der Waals surface area contributed by atoms with Crippen molar-refractivity contribution in [1.29, 1.82) is 5.26 Å². The summed E-state index contributed by atoms with van der Waals surface area (Å²) < 4.78 is 5.29. The van der Waals surface area contributed by atoms with Crippen molar-refractivity contribution in [2.45, 2.75) is 0 Å². The molecule has 0 bridgehead atoms. The summed E-state index contributed by atoms with van der Waals surface area (Å²) >= 11 is 0. The van der Waals surface area contributed by atoms with E-state index in [4.69, 9.17) is 10.00 Å². The van der Waals surface area contributed by atoms with Gasteiger partial charge in [0.1, 0.15) is 5.75 Å². The van der Waals surface area contributed by atoms with E-state index in [0.717, 1.165) is 16.9 Å². The zero-order chi connectivity index (χ0) is 11.4. The van der Waals surface area contributed by atoms with Gasteiger partial charge in [-0.2, -0.15) is 5.26 Å². The Hall–Kier alpha value is -2.27. The van der Waals surface area contributed by atoms with Gasteiger partial charge in [-0.25, -0.2) is 0 Å². The highest BCUT2D eigenvalue weighted by Gasteiger charge is 2.08. The number of hydrogen-bond donors (Lipinski definition) is 0. The molecule has 0 radical (unpaired) electrons. The van der Waals surface area contributed by atoms with E-state index in [1.165, 1.54) is 0 Å². The first-order chi connectivity index (χ1) is 7.86. The van der Waals surface area contributed by atoms with E-state index in [1.807, 2.05) is 48.5 Å². The van der Waals surface area contributed by atoms with Gasteiger partial charge in [0.25, 0.3) is 0 Å². The first-order valence-corrected chi connectivity index (χ1v) is 4.99. The van der Waals surface area contributed by atoms with Crippen molar-refractivity contribution in [3.8, 4) is 22.9 Å². The number of para-hydroxylation sites is 1. The molecule has 0 atom stereocenters. The number of benzene rings is 2. The second kappa shape index (κ2) is 4.50. The molecule has 0 saturated heterocycles. The minimum atomic E-state index is 0.659. The average molecular weight is 209 g/mol. The van der Waals surface area contributed by atoms with E-state index in [-0.39, 0.29) is 0 Å². The van der Waals surface area contributed by atoms with Crippen molar-refractivity contribution >= 4 is 0 Å². The molecular formula is C14H11NO. The van der Waals surface area contributed by atoms with Gasteiger partial charge in [0.2, 0.25) is 0 Å². The number of methoxy groups -OCH3 is 1. The van der Waals surface area contributed by atoms with Crippen LogP contribution in [0.1, 0.15) is 5.56 Å². The van der Waals surface area contributed by atoms with E-state index in [2.05, 4.69) is 6.07 Å². The molecule has 2 aromatic carbocycles. The van der Waals surface area contributed by atoms with Crippen LogP contribution in [-0.2, 0) is 0 Å². The van der Waals surface area contributed by atoms with Crippen LogP contribution in [0.2, 0.25) is 0 Å². The van der Waals surface area contributed by atoms with Crippen LogP contribution in [0, 0.1) is 11.3 Å². The Balaban J connectivity index is 2.64. The molecule has 0 aliphatic carbocycles. The second-order valence-electron chi connectivity index (χ2n) is 3.36. The standard InChI is InChI=1S/C14H11NO/c1-16-14-9-5-4-8-13(14)12-7-3-2-6-11(12)10-15/h2-9H,1H3. The molecule has 0 amide bonds. The summed E-state index contributed by atoms with van der Waals surface area (Å²) in [5, 5.41) is 9.05. The minimum Gasteiger partial charge on any atom is -0.496 e. The monoisotopic (exact) mass is 209 g/mol. The lowest BCUT2D eigenvalue weighted by Gasteiger charge is -2.09. The Morgan fingerprint density at radius 3 is 2.25 bits per heavy atom. The fourth-order valence-electron chi connectivity index (χ4n) is 1.68. The van der Waals surface area contributed by atoms with E-state index < -0.39 is 0 Å².